The van der Waals surface area contributed by atoms with E-state index in [9.17, 15) is 14.4 Å². The standard InChI is InChI=1S/C26H24N2O5/c1-32-25(30)23(28-24(29)17-9-3-2-4-10-17)15-27-26(31)33-16-22-20-13-7-5-11-18(20)19-12-6-8-14-21(19)22/h2-14,22-23H,15-16H2,1H3,(H,27,31)(H,28,29)/t23-/m0/s1. The summed E-state index contributed by atoms with van der Waals surface area (Å²) in [7, 11) is 1.22. The van der Waals surface area contributed by atoms with Gasteiger partial charge in [-0.1, -0.05) is 66.7 Å². The Morgan fingerprint density at radius 3 is 2.03 bits per heavy atom. The molecule has 0 spiro atoms. The molecule has 0 unspecified atom stereocenters. The first-order valence-electron chi connectivity index (χ1n) is 10.6. The molecule has 1 aliphatic rings. The van der Waals surface area contributed by atoms with Crippen LogP contribution in [-0.4, -0.2) is 44.3 Å². The molecule has 7 heteroatoms. The molecule has 0 fully saturated rings. The number of hydrogen-bond acceptors (Lipinski definition) is 5. The van der Waals surface area contributed by atoms with Crippen molar-refractivity contribution in [3.63, 3.8) is 0 Å². The third-order valence-electron chi connectivity index (χ3n) is 5.62. The van der Waals surface area contributed by atoms with Crippen molar-refractivity contribution in [1.29, 1.82) is 0 Å². The maximum atomic E-state index is 12.4. The van der Waals surface area contributed by atoms with Gasteiger partial charge in [-0.3, -0.25) is 4.79 Å². The van der Waals surface area contributed by atoms with Gasteiger partial charge in [0.15, 0.2) is 0 Å². The van der Waals surface area contributed by atoms with Crippen LogP contribution in [0.3, 0.4) is 0 Å². The van der Waals surface area contributed by atoms with E-state index in [2.05, 4.69) is 22.8 Å². The molecule has 168 valence electrons. The van der Waals surface area contributed by atoms with Crippen LogP contribution in [-0.2, 0) is 14.3 Å². The molecule has 2 N–H and O–H groups in total. The number of hydrogen-bond donors (Lipinski definition) is 2. The highest BCUT2D eigenvalue weighted by Gasteiger charge is 2.29. The molecule has 0 saturated carbocycles. The predicted molar refractivity (Wildman–Crippen MR) is 123 cm³/mol. The molecule has 3 aromatic rings. The molecule has 7 nitrogen and oxygen atoms in total. The highest BCUT2D eigenvalue weighted by Crippen LogP contribution is 2.44. The Morgan fingerprint density at radius 1 is 0.848 bits per heavy atom. The molecule has 3 aromatic carbocycles. The van der Waals surface area contributed by atoms with Gasteiger partial charge in [0, 0.05) is 11.5 Å². The predicted octanol–water partition coefficient (Wildman–Crippen LogP) is 3.50. The second-order valence-electron chi connectivity index (χ2n) is 7.62. The van der Waals surface area contributed by atoms with Crippen molar-refractivity contribution >= 4 is 18.0 Å². The fourth-order valence-corrected chi connectivity index (χ4v) is 4.00. The summed E-state index contributed by atoms with van der Waals surface area (Å²) in [6.07, 6.45) is -0.681. The van der Waals surface area contributed by atoms with E-state index in [4.69, 9.17) is 9.47 Å². The molecule has 1 aliphatic carbocycles. The van der Waals surface area contributed by atoms with Gasteiger partial charge in [0.1, 0.15) is 12.6 Å². The van der Waals surface area contributed by atoms with Crippen molar-refractivity contribution in [2.45, 2.75) is 12.0 Å². The van der Waals surface area contributed by atoms with Crippen molar-refractivity contribution in [3.8, 4) is 11.1 Å². The lowest BCUT2D eigenvalue weighted by Gasteiger charge is -2.18. The number of benzene rings is 3. The van der Waals surface area contributed by atoms with E-state index in [0.29, 0.717) is 5.56 Å². The summed E-state index contributed by atoms with van der Waals surface area (Å²) in [5.74, 6) is -1.18. The highest BCUT2D eigenvalue weighted by atomic mass is 16.5. The second kappa shape index (κ2) is 9.99. The molecule has 0 heterocycles. The molecular formula is C26H24N2O5. The molecule has 0 radical (unpaired) electrons. The van der Waals surface area contributed by atoms with Crippen LogP contribution in [0.1, 0.15) is 27.4 Å². The van der Waals surface area contributed by atoms with Gasteiger partial charge in [0.25, 0.3) is 5.91 Å². The highest BCUT2D eigenvalue weighted by molar-refractivity contribution is 5.96. The van der Waals surface area contributed by atoms with Crippen molar-refractivity contribution in [3.05, 3.63) is 95.6 Å². The Bertz CT molecular complexity index is 1120. The summed E-state index contributed by atoms with van der Waals surface area (Å²) in [6.45, 7) is -0.0129. The summed E-state index contributed by atoms with van der Waals surface area (Å²) < 4.78 is 10.2. The minimum Gasteiger partial charge on any atom is -0.467 e. The van der Waals surface area contributed by atoms with Crippen LogP contribution < -0.4 is 10.6 Å². The summed E-state index contributed by atoms with van der Waals surface area (Å²) in [6, 6.07) is 23.5. The number of esters is 1. The normalized spacial score (nSPS) is 12.8. The van der Waals surface area contributed by atoms with Gasteiger partial charge in [-0.2, -0.15) is 0 Å². The monoisotopic (exact) mass is 444 g/mol. The molecular weight excluding hydrogens is 420 g/mol. The second-order valence-corrected chi connectivity index (χ2v) is 7.62. The number of fused-ring (bicyclic) bond motifs is 3. The van der Waals surface area contributed by atoms with Crippen molar-refractivity contribution in [1.82, 2.24) is 10.6 Å². The lowest BCUT2D eigenvalue weighted by atomic mass is 9.98. The van der Waals surface area contributed by atoms with Crippen LogP contribution in [0.2, 0.25) is 0 Å². The fourth-order valence-electron chi connectivity index (χ4n) is 4.00. The average molecular weight is 444 g/mol. The maximum Gasteiger partial charge on any atom is 0.407 e. The average Bonchev–Trinajstić information content (AvgIpc) is 3.18. The van der Waals surface area contributed by atoms with Gasteiger partial charge in [-0.05, 0) is 34.4 Å². The number of carbonyl (C=O) groups excluding carboxylic acids is 3. The lowest BCUT2D eigenvalue weighted by Crippen LogP contribution is -2.49. The lowest BCUT2D eigenvalue weighted by molar-refractivity contribution is -0.142. The van der Waals surface area contributed by atoms with E-state index in [1.807, 2.05) is 36.4 Å². The number of carbonyl (C=O) groups is 3. The Hall–Kier alpha value is -4.13. The van der Waals surface area contributed by atoms with Gasteiger partial charge in [-0.15, -0.1) is 0 Å². The van der Waals surface area contributed by atoms with Gasteiger partial charge >= 0.3 is 12.1 Å². The first kappa shape index (κ1) is 22.1. The topological polar surface area (TPSA) is 93.7 Å². The third kappa shape index (κ3) is 4.87. The fraction of sp³-hybridized carbons (Fsp3) is 0.192. The number of amides is 2. The summed E-state index contributed by atoms with van der Waals surface area (Å²) in [4.78, 5) is 36.9. The Balaban J connectivity index is 1.36. The van der Waals surface area contributed by atoms with Crippen molar-refractivity contribution in [2.24, 2.45) is 0 Å². The zero-order valence-electron chi connectivity index (χ0n) is 18.1. The van der Waals surface area contributed by atoms with E-state index >= 15 is 0 Å². The quantitative estimate of drug-likeness (QED) is 0.544. The number of methoxy groups -OCH3 is 1. The van der Waals surface area contributed by atoms with E-state index in [-0.39, 0.29) is 19.1 Å². The van der Waals surface area contributed by atoms with Crippen LogP contribution in [0, 0.1) is 0 Å². The molecule has 2 amide bonds. The van der Waals surface area contributed by atoms with E-state index in [1.54, 1.807) is 30.3 Å². The number of alkyl carbamates (subject to hydrolysis) is 1. The van der Waals surface area contributed by atoms with Gasteiger partial charge in [0.2, 0.25) is 0 Å². The summed E-state index contributed by atoms with van der Waals surface area (Å²) in [5.41, 5.74) is 4.88. The SMILES string of the molecule is COC(=O)[C@H](CNC(=O)OCC1c2ccccc2-c2ccccc21)NC(=O)c1ccccc1. The van der Waals surface area contributed by atoms with E-state index in [1.165, 1.54) is 7.11 Å². The number of nitrogens with one attached hydrogen (secondary N) is 2. The molecule has 0 bridgehead atoms. The first-order chi connectivity index (χ1) is 16.1. The van der Waals surface area contributed by atoms with Crippen molar-refractivity contribution in [2.75, 3.05) is 20.3 Å². The Kier molecular flexibility index (Phi) is 6.69. The van der Waals surface area contributed by atoms with Crippen LogP contribution in [0.5, 0.6) is 0 Å². The maximum absolute atomic E-state index is 12.4. The minimum absolute atomic E-state index is 0.0719. The number of rotatable bonds is 7. The van der Waals surface area contributed by atoms with Gasteiger partial charge in [-0.25, -0.2) is 9.59 Å². The van der Waals surface area contributed by atoms with E-state index in [0.717, 1.165) is 22.3 Å². The molecule has 33 heavy (non-hydrogen) atoms. The molecule has 0 aliphatic heterocycles. The molecule has 4 rings (SSSR count). The van der Waals surface area contributed by atoms with Crippen LogP contribution in [0.15, 0.2) is 78.9 Å². The molecule has 0 aromatic heterocycles. The largest absolute Gasteiger partial charge is 0.467 e. The van der Waals surface area contributed by atoms with E-state index < -0.39 is 24.0 Å². The number of ether oxygens (including phenoxy) is 2. The van der Waals surface area contributed by atoms with Gasteiger partial charge < -0.3 is 20.1 Å². The molecule has 1 atom stereocenters. The Morgan fingerprint density at radius 2 is 1.42 bits per heavy atom. The Labute approximate surface area is 191 Å². The van der Waals surface area contributed by atoms with Crippen LogP contribution in [0.25, 0.3) is 11.1 Å². The zero-order valence-corrected chi connectivity index (χ0v) is 18.1. The summed E-state index contributed by atoms with van der Waals surface area (Å²) in [5, 5.41) is 5.13. The molecule has 0 saturated heterocycles. The summed E-state index contributed by atoms with van der Waals surface area (Å²) >= 11 is 0. The van der Waals surface area contributed by atoms with Crippen LogP contribution >= 0.6 is 0 Å². The van der Waals surface area contributed by atoms with Crippen molar-refractivity contribution < 1.29 is 23.9 Å². The minimum atomic E-state index is -1.05. The first-order valence-corrected chi connectivity index (χ1v) is 10.6. The van der Waals surface area contributed by atoms with Gasteiger partial charge in [0.05, 0.1) is 13.7 Å². The smallest absolute Gasteiger partial charge is 0.407 e. The van der Waals surface area contributed by atoms with Crippen LogP contribution in [0.4, 0.5) is 4.79 Å². The zero-order chi connectivity index (χ0) is 23.2. The third-order valence-corrected chi connectivity index (χ3v) is 5.62.